The van der Waals surface area contributed by atoms with Crippen LogP contribution in [0.5, 0.6) is 5.88 Å². The zero-order valence-electron chi connectivity index (χ0n) is 12.9. The van der Waals surface area contributed by atoms with E-state index in [1.165, 1.54) is 12.3 Å². The number of methoxy groups -OCH3 is 1. The number of rotatable bonds is 3. The molecule has 24 heavy (non-hydrogen) atoms. The quantitative estimate of drug-likeness (QED) is 0.772. The predicted octanol–water partition coefficient (Wildman–Crippen LogP) is 1.15. The Morgan fingerprint density at radius 1 is 1.12 bits per heavy atom. The SMILES string of the molecule is COc1cc2c(cn1)CN(c1nccc(-c3nccc(=O)[nH]3)n1)C2. The van der Waals surface area contributed by atoms with Crippen LogP contribution in [0.15, 0.2) is 41.6 Å². The lowest BCUT2D eigenvalue weighted by atomic mass is 10.2. The Hall–Kier alpha value is -3.29. The van der Waals surface area contributed by atoms with Crippen LogP contribution in [0.25, 0.3) is 11.5 Å². The molecule has 0 bridgehead atoms. The number of aromatic nitrogens is 5. The number of nitrogens with one attached hydrogen (secondary N) is 1. The van der Waals surface area contributed by atoms with E-state index in [4.69, 9.17) is 4.74 Å². The molecule has 0 spiro atoms. The van der Waals surface area contributed by atoms with Gasteiger partial charge in [0.25, 0.3) is 5.56 Å². The summed E-state index contributed by atoms with van der Waals surface area (Å²) in [5, 5.41) is 0. The van der Waals surface area contributed by atoms with E-state index in [9.17, 15) is 4.79 Å². The van der Waals surface area contributed by atoms with Gasteiger partial charge in [0.1, 0.15) is 5.69 Å². The maximum absolute atomic E-state index is 11.4. The Kier molecular flexibility index (Phi) is 3.42. The smallest absolute Gasteiger partial charge is 0.251 e. The second-order valence-corrected chi connectivity index (χ2v) is 5.38. The Morgan fingerprint density at radius 3 is 2.79 bits per heavy atom. The lowest BCUT2D eigenvalue weighted by molar-refractivity contribution is 0.397. The molecule has 3 aromatic heterocycles. The highest BCUT2D eigenvalue weighted by Crippen LogP contribution is 2.28. The van der Waals surface area contributed by atoms with Gasteiger partial charge in [0.05, 0.1) is 7.11 Å². The largest absolute Gasteiger partial charge is 0.481 e. The summed E-state index contributed by atoms with van der Waals surface area (Å²) in [6.45, 7) is 1.35. The van der Waals surface area contributed by atoms with Gasteiger partial charge in [-0.2, -0.15) is 0 Å². The number of fused-ring (bicyclic) bond motifs is 1. The number of hydrogen-bond acceptors (Lipinski definition) is 7. The molecule has 8 heteroatoms. The van der Waals surface area contributed by atoms with Gasteiger partial charge in [-0.3, -0.25) is 4.79 Å². The molecular formula is C16H14N6O2. The van der Waals surface area contributed by atoms with Crippen molar-refractivity contribution in [3.63, 3.8) is 0 Å². The van der Waals surface area contributed by atoms with Gasteiger partial charge in [0, 0.05) is 43.8 Å². The zero-order chi connectivity index (χ0) is 16.5. The highest BCUT2D eigenvalue weighted by Gasteiger charge is 2.22. The molecule has 0 amide bonds. The van der Waals surface area contributed by atoms with Gasteiger partial charge in [0.2, 0.25) is 11.8 Å². The molecule has 0 unspecified atom stereocenters. The number of anilines is 1. The van der Waals surface area contributed by atoms with Crippen LogP contribution in [-0.2, 0) is 13.1 Å². The summed E-state index contributed by atoms with van der Waals surface area (Å²) in [5.74, 6) is 1.59. The Morgan fingerprint density at radius 2 is 1.96 bits per heavy atom. The fourth-order valence-electron chi connectivity index (χ4n) is 2.65. The summed E-state index contributed by atoms with van der Waals surface area (Å²) in [7, 11) is 1.60. The number of hydrogen-bond donors (Lipinski definition) is 1. The van der Waals surface area contributed by atoms with Crippen molar-refractivity contribution < 1.29 is 4.74 Å². The van der Waals surface area contributed by atoms with Crippen molar-refractivity contribution in [2.45, 2.75) is 13.1 Å². The second kappa shape index (κ2) is 5.73. The molecule has 1 aliphatic rings. The third-order valence-electron chi connectivity index (χ3n) is 3.83. The molecule has 0 saturated heterocycles. The fourth-order valence-corrected chi connectivity index (χ4v) is 2.65. The molecule has 8 nitrogen and oxygen atoms in total. The summed E-state index contributed by atoms with van der Waals surface area (Å²) in [6, 6.07) is 5.01. The van der Waals surface area contributed by atoms with Crippen molar-refractivity contribution in [1.82, 2.24) is 24.9 Å². The maximum atomic E-state index is 11.4. The minimum atomic E-state index is -0.216. The van der Waals surface area contributed by atoms with Crippen LogP contribution in [0, 0.1) is 0 Å². The van der Waals surface area contributed by atoms with Gasteiger partial charge in [-0.1, -0.05) is 0 Å². The molecule has 0 fully saturated rings. The van der Waals surface area contributed by atoms with Crippen LogP contribution < -0.4 is 15.2 Å². The highest BCUT2D eigenvalue weighted by atomic mass is 16.5. The molecule has 0 atom stereocenters. The zero-order valence-corrected chi connectivity index (χ0v) is 12.9. The van der Waals surface area contributed by atoms with E-state index in [-0.39, 0.29) is 5.56 Å². The molecule has 1 aliphatic heterocycles. The molecule has 0 aromatic carbocycles. The first kappa shape index (κ1) is 14.3. The Bertz CT molecular complexity index is 955. The standard InChI is InChI=1S/C16H14N6O2/c1-24-14-6-10-8-22(9-11(10)7-19-14)16-18-4-2-12(20-16)15-17-5-3-13(23)21-15/h2-7H,8-9H2,1H3,(H,17,21,23). The normalized spacial score (nSPS) is 13.0. The number of aromatic amines is 1. The van der Waals surface area contributed by atoms with E-state index < -0.39 is 0 Å². The van der Waals surface area contributed by atoms with Gasteiger partial charge in [0.15, 0.2) is 5.82 Å². The van der Waals surface area contributed by atoms with Crippen molar-refractivity contribution in [3.8, 4) is 17.4 Å². The van der Waals surface area contributed by atoms with Gasteiger partial charge in [-0.25, -0.2) is 19.9 Å². The highest BCUT2D eigenvalue weighted by molar-refractivity contribution is 5.52. The minimum Gasteiger partial charge on any atom is -0.481 e. The first-order valence-corrected chi connectivity index (χ1v) is 7.38. The van der Waals surface area contributed by atoms with Crippen LogP contribution in [0.3, 0.4) is 0 Å². The molecule has 4 heterocycles. The van der Waals surface area contributed by atoms with Gasteiger partial charge >= 0.3 is 0 Å². The first-order chi connectivity index (χ1) is 11.7. The van der Waals surface area contributed by atoms with Gasteiger partial charge < -0.3 is 14.6 Å². The summed E-state index contributed by atoms with van der Waals surface area (Å²) < 4.78 is 5.17. The second-order valence-electron chi connectivity index (χ2n) is 5.38. The van der Waals surface area contributed by atoms with Gasteiger partial charge in [-0.05, 0) is 17.2 Å². The maximum Gasteiger partial charge on any atom is 0.251 e. The van der Waals surface area contributed by atoms with Crippen LogP contribution in [-0.4, -0.2) is 32.0 Å². The molecule has 0 radical (unpaired) electrons. The summed E-state index contributed by atoms with van der Waals surface area (Å²) in [5.41, 5.74) is 2.62. The third kappa shape index (κ3) is 2.58. The van der Waals surface area contributed by atoms with E-state index in [0.717, 1.165) is 11.1 Å². The molecule has 120 valence electrons. The summed E-state index contributed by atoms with van der Waals surface area (Å²) >= 11 is 0. The third-order valence-corrected chi connectivity index (χ3v) is 3.83. The monoisotopic (exact) mass is 322 g/mol. The van der Waals surface area contributed by atoms with Crippen LogP contribution in [0.1, 0.15) is 11.1 Å². The molecule has 4 rings (SSSR count). The van der Waals surface area contributed by atoms with Crippen molar-refractivity contribution in [2.24, 2.45) is 0 Å². The Labute approximate surface area is 137 Å². The lowest BCUT2D eigenvalue weighted by Crippen LogP contribution is -2.18. The summed E-state index contributed by atoms with van der Waals surface area (Å²) in [4.78, 5) is 33.4. The predicted molar refractivity (Wildman–Crippen MR) is 86.6 cm³/mol. The number of pyridine rings is 1. The van der Waals surface area contributed by atoms with E-state index >= 15 is 0 Å². The topological polar surface area (TPSA) is 96.9 Å². The molecule has 0 saturated carbocycles. The average molecular weight is 322 g/mol. The molecule has 3 aromatic rings. The van der Waals surface area contributed by atoms with Gasteiger partial charge in [-0.15, -0.1) is 0 Å². The number of H-pyrrole nitrogens is 1. The minimum absolute atomic E-state index is 0.216. The lowest BCUT2D eigenvalue weighted by Gasteiger charge is -2.15. The van der Waals surface area contributed by atoms with Crippen molar-refractivity contribution >= 4 is 5.95 Å². The van der Waals surface area contributed by atoms with Crippen LogP contribution >= 0.6 is 0 Å². The van der Waals surface area contributed by atoms with E-state index in [2.05, 4.69) is 24.9 Å². The Balaban J connectivity index is 1.64. The number of ether oxygens (including phenoxy) is 1. The number of nitrogens with zero attached hydrogens (tertiary/aromatic N) is 5. The average Bonchev–Trinajstić information content (AvgIpc) is 3.05. The van der Waals surface area contributed by atoms with Crippen molar-refractivity contribution in [3.05, 3.63) is 58.3 Å². The molecule has 0 aliphatic carbocycles. The van der Waals surface area contributed by atoms with E-state index in [1.807, 2.05) is 17.2 Å². The first-order valence-electron chi connectivity index (χ1n) is 7.38. The van der Waals surface area contributed by atoms with Crippen LogP contribution in [0.2, 0.25) is 0 Å². The van der Waals surface area contributed by atoms with Crippen molar-refractivity contribution in [1.29, 1.82) is 0 Å². The van der Waals surface area contributed by atoms with E-state index in [1.54, 1.807) is 19.4 Å². The van der Waals surface area contributed by atoms with Crippen LogP contribution in [0.4, 0.5) is 5.95 Å². The molecule has 1 N–H and O–H groups in total. The molecular weight excluding hydrogens is 308 g/mol. The summed E-state index contributed by atoms with van der Waals surface area (Å²) in [6.07, 6.45) is 4.93. The van der Waals surface area contributed by atoms with E-state index in [0.29, 0.717) is 36.4 Å². The van der Waals surface area contributed by atoms with Crippen molar-refractivity contribution in [2.75, 3.05) is 12.0 Å². The fraction of sp³-hybridized carbons (Fsp3) is 0.188.